The highest BCUT2D eigenvalue weighted by Gasteiger charge is 2.17. The van der Waals surface area contributed by atoms with Crippen LogP contribution in [0.1, 0.15) is 22.4 Å². The van der Waals surface area contributed by atoms with Crippen LogP contribution in [-0.2, 0) is 11.3 Å². The van der Waals surface area contributed by atoms with E-state index in [4.69, 9.17) is 0 Å². The zero-order valence-electron chi connectivity index (χ0n) is 18.8. The molecule has 0 unspecified atom stereocenters. The topological polar surface area (TPSA) is 101 Å². The number of nitrogens with one attached hydrogen (secondary N) is 1. The molecule has 0 aliphatic heterocycles. The van der Waals surface area contributed by atoms with E-state index in [9.17, 15) is 20.2 Å². The van der Waals surface area contributed by atoms with Crippen molar-refractivity contribution in [3.8, 4) is 6.07 Å². The van der Waals surface area contributed by atoms with Crippen LogP contribution in [0.5, 0.6) is 0 Å². The van der Waals surface area contributed by atoms with Gasteiger partial charge in [-0.1, -0.05) is 42.5 Å². The Morgan fingerprint density at radius 2 is 1.82 bits per heavy atom. The summed E-state index contributed by atoms with van der Waals surface area (Å²) in [5.74, 6) is -0.472. The van der Waals surface area contributed by atoms with E-state index in [1.54, 1.807) is 24.3 Å². The monoisotopic (exact) mass is 450 g/mol. The molecule has 1 N–H and O–H groups in total. The van der Waals surface area contributed by atoms with Crippen molar-refractivity contribution in [3.05, 3.63) is 111 Å². The fourth-order valence-corrected chi connectivity index (χ4v) is 3.96. The SMILES string of the molecule is Cc1cccc(NC(=O)/C(C#N)=C/c2c(C)n(Cc3ccc([N+](=O)[O-])cc3)c3ccccc23)c1. The van der Waals surface area contributed by atoms with Crippen molar-refractivity contribution in [2.45, 2.75) is 20.4 Å². The fourth-order valence-electron chi connectivity index (χ4n) is 3.96. The van der Waals surface area contributed by atoms with Gasteiger partial charge >= 0.3 is 0 Å². The van der Waals surface area contributed by atoms with Gasteiger partial charge in [-0.15, -0.1) is 0 Å². The Hall–Kier alpha value is -4.70. The van der Waals surface area contributed by atoms with Gasteiger partial charge in [0.25, 0.3) is 11.6 Å². The molecule has 0 spiro atoms. The number of nitriles is 1. The summed E-state index contributed by atoms with van der Waals surface area (Å²) in [6.45, 7) is 4.36. The molecule has 4 rings (SSSR count). The van der Waals surface area contributed by atoms with Crippen molar-refractivity contribution in [2.75, 3.05) is 5.32 Å². The molecule has 0 radical (unpaired) electrons. The number of carbonyl (C=O) groups excluding carboxylic acids is 1. The van der Waals surface area contributed by atoms with Crippen LogP contribution in [-0.4, -0.2) is 15.4 Å². The second-order valence-electron chi connectivity index (χ2n) is 8.02. The fraction of sp³-hybridized carbons (Fsp3) is 0.111. The van der Waals surface area contributed by atoms with E-state index in [2.05, 4.69) is 9.88 Å². The third kappa shape index (κ3) is 4.57. The maximum absolute atomic E-state index is 12.8. The normalized spacial score (nSPS) is 11.3. The minimum absolute atomic E-state index is 0.00263. The first-order chi connectivity index (χ1) is 16.4. The summed E-state index contributed by atoms with van der Waals surface area (Å²) in [4.78, 5) is 23.4. The van der Waals surface area contributed by atoms with Crippen LogP contribution in [0.25, 0.3) is 17.0 Å². The number of nitro benzene ring substituents is 1. The van der Waals surface area contributed by atoms with Gasteiger partial charge in [0.15, 0.2) is 0 Å². The van der Waals surface area contributed by atoms with E-state index in [1.807, 2.05) is 62.4 Å². The highest BCUT2D eigenvalue weighted by atomic mass is 16.6. The first-order valence-corrected chi connectivity index (χ1v) is 10.7. The molecular weight excluding hydrogens is 428 g/mol. The highest BCUT2D eigenvalue weighted by Crippen LogP contribution is 2.29. The van der Waals surface area contributed by atoms with Gasteiger partial charge in [-0.25, -0.2) is 0 Å². The molecule has 0 atom stereocenters. The Labute approximate surface area is 196 Å². The zero-order valence-corrected chi connectivity index (χ0v) is 18.8. The van der Waals surface area contributed by atoms with E-state index in [-0.39, 0.29) is 11.3 Å². The standard InChI is InChI=1S/C27H22N4O3/c1-18-6-5-7-22(14-18)29-27(32)21(16-28)15-25-19(2)30(26-9-4-3-8-24(25)26)17-20-10-12-23(13-11-20)31(33)34/h3-15H,17H2,1-2H3,(H,29,32)/b21-15+. The number of aromatic nitrogens is 1. The van der Waals surface area contributed by atoms with Crippen LogP contribution in [0.4, 0.5) is 11.4 Å². The minimum Gasteiger partial charge on any atom is -0.340 e. The lowest BCUT2D eigenvalue weighted by Crippen LogP contribution is -2.13. The predicted octanol–water partition coefficient (Wildman–Crippen LogP) is 5.76. The molecule has 1 heterocycles. The number of aryl methyl sites for hydroxylation is 1. The van der Waals surface area contributed by atoms with Gasteiger partial charge < -0.3 is 9.88 Å². The molecule has 0 bridgehead atoms. The van der Waals surface area contributed by atoms with Gasteiger partial charge in [0.1, 0.15) is 11.6 Å². The maximum atomic E-state index is 12.8. The quantitative estimate of drug-likeness (QED) is 0.175. The number of nitrogens with zero attached hydrogens (tertiary/aromatic N) is 3. The number of hydrogen-bond acceptors (Lipinski definition) is 4. The van der Waals surface area contributed by atoms with E-state index >= 15 is 0 Å². The molecule has 0 fully saturated rings. The van der Waals surface area contributed by atoms with Gasteiger partial charge in [-0.3, -0.25) is 14.9 Å². The lowest BCUT2D eigenvalue weighted by molar-refractivity contribution is -0.384. The predicted molar refractivity (Wildman–Crippen MR) is 132 cm³/mol. The van der Waals surface area contributed by atoms with Crippen molar-refractivity contribution in [3.63, 3.8) is 0 Å². The van der Waals surface area contributed by atoms with Crippen molar-refractivity contribution in [1.82, 2.24) is 4.57 Å². The highest BCUT2D eigenvalue weighted by molar-refractivity contribution is 6.11. The molecule has 4 aromatic rings. The van der Waals surface area contributed by atoms with Gasteiger partial charge in [0, 0.05) is 46.5 Å². The van der Waals surface area contributed by atoms with Crippen molar-refractivity contribution in [2.24, 2.45) is 0 Å². The third-order valence-electron chi connectivity index (χ3n) is 5.70. The Morgan fingerprint density at radius 3 is 2.50 bits per heavy atom. The maximum Gasteiger partial charge on any atom is 0.269 e. The first-order valence-electron chi connectivity index (χ1n) is 10.7. The Balaban J connectivity index is 1.71. The summed E-state index contributed by atoms with van der Waals surface area (Å²) in [6, 6.07) is 23.6. The molecule has 3 aromatic carbocycles. The third-order valence-corrected chi connectivity index (χ3v) is 5.70. The Morgan fingerprint density at radius 1 is 1.09 bits per heavy atom. The number of hydrogen-bond donors (Lipinski definition) is 1. The molecule has 7 nitrogen and oxygen atoms in total. The largest absolute Gasteiger partial charge is 0.340 e. The average Bonchev–Trinajstić information content (AvgIpc) is 3.08. The lowest BCUT2D eigenvalue weighted by Gasteiger charge is -2.09. The van der Waals surface area contributed by atoms with Crippen LogP contribution >= 0.6 is 0 Å². The summed E-state index contributed by atoms with van der Waals surface area (Å²) < 4.78 is 2.08. The number of nitro groups is 1. The van der Waals surface area contributed by atoms with Crippen LogP contribution in [0.15, 0.2) is 78.4 Å². The van der Waals surface area contributed by atoms with Crippen LogP contribution < -0.4 is 5.32 Å². The molecule has 168 valence electrons. The molecule has 7 heteroatoms. The average molecular weight is 450 g/mol. The van der Waals surface area contributed by atoms with Crippen LogP contribution in [0.2, 0.25) is 0 Å². The molecule has 1 aromatic heterocycles. The number of carbonyl (C=O) groups is 1. The summed E-state index contributed by atoms with van der Waals surface area (Å²) in [7, 11) is 0. The minimum atomic E-state index is -0.472. The Kier molecular flexibility index (Phi) is 6.24. The van der Waals surface area contributed by atoms with E-state index in [0.717, 1.165) is 33.3 Å². The van der Waals surface area contributed by atoms with E-state index in [0.29, 0.717) is 12.2 Å². The number of anilines is 1. The van der Waals surface area contributed by atoms with E-state index < -0.39 is 10.8 Å². The number of non-ortho nitro benzene ring substituents is 1. The van der Waals surface area contributed by atoms with Gasteiger partial charge in [-0.2, -0.15) is 5.26 Å². The zero-order chi connectivity index (χ0) is 24.2. The summed E-state index contributed by atoms with van der Waals surface area (Å²) in [6.07, 6.45) is 1.62. The number of rotatable bonds is 6. The number of benzene rings is 3. The lowest BCUT2D eigenvalue weighted by atomic mass is 10.1. The van der Waals surface area contributed by atoms with Gasteiger partial charge in [0.05, 0.1) is 4.92 Å². The molecule has 1 amide bonds. The van der Waals surface area contributed by atoms with Crippen LogP contribution in [0, 0.1) is 35.3 Å². The molecular formula is C27H22N4O3. The summed E-state index contributed by atoms with van der Waals surface area (Å²) in [5, 5.41) is 24.4. The summed E-state index contributed by atoms with van der Waals surface area (Å²) in [5.41, 5.74) is 5.20. The molecule has 0 aliphatic rings. The molecule has 0 saturated carbocycles. The number of amides is 1. The second kappa shape index (κ2) is 9.43. The van der Waals surface area contributed by atoms with Crippen molar-refractivity contribution in [1.29, 1.82) is 5.26 Å². The second-order valence-corrected chi connectivity index (χ2v) is 8.02. The molecule has 0 aliphatic carbocycles. The number of fused-ring (bicyclic) bond motifs is 1. The number of para-hydroxylation sites is 1. The van der Waals surface area contributed by atoms with E-state index in [1.165, 1.54) is 12.1 Å². The van der Waals surface area contributed by atoms with Gasteiger partial charge in [0.2, 0.25) is 0 Å². The molecule has 0 saturated heterocycles. The Bertz CT molecular complexity index is 1470. The van der Waals surface area contributed by atoms with Crippen molar-refractivity contribution < 1.29 is 9.72 Å². The van der Waals surface area contributed by atoms with Crippen molar-refractivity contribution >= 4 is 34.3 Å². The summed E-state index contributed by atoms with van der Waals surface area (Å²) >= 11 is 0. The first kappa shape index (κ1) is 22.5. The smallest absolute Gasteiger partial charge is 0.269 e. The molecule has 34 heavy (non-hydrogen) atoms. The van der Waals surface area contributed by atoms with Crippen LogP contribution in [0.3, 0.4) is 0 Å². The van der Waals surface area contributed by atoms with Gasteiger partial charge in [-0.05, 0) is 49.2 Å².